The van der Waals surface area contributed by atoms with Crippen molar-refractivity contribution < 1.29 is 9.72 Å². The van der Waals surface area contributed by atoms with Crippen LogP contribution in [0.1, 0.15) is 15.9 Å². The predicted molar refractivity (Wildman–Crippen MR) is 111 cm³/mol. The van der Waals surface area contributed by atoms with Crippen molar-refractivity contribution >= 4 is 38.8 Å². The van der Waals surface area contributed by atoms with Crippen LogP contribution in [0.2, 0.25) is 0 Å². The number of fused-ring (bicyclic) bond motifs is 1. The van der Waals surface area contributed by atoms with Crippen molar-refractivity contribution in [2.45, 2.75) is 6.92 Å². The fraction of sp³-hybridized carbons (Fsp3) is 0.0476. The maximum absolute atomic E-state index is 12.6. The molecule has 0 spiro atoms. The first-order valence-electron chi connectivity index (χ1n) is 8.54. The molecule has 4 rings (SSSR count). The van der Waals surface area contributed by atoms with E-state index >= 15 is 0 Å². The molecule has 28 heavy (non-hydrogen) atoms. The molecule has 0 aliphatic heterocycles. The molecule has 1 heterocycles. The molecular weight excluding hydrogens is 374 g/mol. The van der Waals surface area contributed by atoms with Gasteiger partial charge in [-0.15, -0.1) is 11.3 Å². The average Bonchev–Trinajstić information content (AvgIpc) is 3.13. The third-order valence-electron chi connectivity index (χ3n) is 4.43. The summed E-state index contributed by atoms with van der Waals surface area (Å²) in [7, 11) is 0. The minimum absolute atomic E-state index is 0.118. The van der Waals surface area contributed by atoms with Gasteiger partial charge < -0.3 is 5.32 Å². The Labute approximate surface area is 164 Å². The normalized spacial score (nSPS) is 10.8. The Balaban J connectivity index is 1.66. The van der Waals surface area contributed by atoms with E-state index in [4.69, 9.17) is 0 Å². The summed E-state index contributed by atoms with van der Waals surface area (Å²) in [4.78, 5) is 27.7. The lowest BCUT2D eigenvalue weighted by Crippen LogP contribution is -2.13. The minimum atomic E-state index is -0.518. The largest absolute Gasteiger partial charge is 0.322 e. The molecule has 1 amide bonds. The molecule has 7 heteroatoms. The highest BCUT2D eigenvalue weighted by Gasteiger charge is 2.15. The van der Waals surface area contributed by atoms with Crippen LogP contribution >= 0.6 is 11.3 Å². The molecule has 6 nitrogen and oxygen atoms in total. The molecular formula is C21H15N3O3S. The summed E-state index contributed by atoms with van der Waals surface area (Å²) in [6.45, 7) is 1.92. The van der Waals surface area contributed by atoms with E-state index < -0.39 is 10.8 Å². The first-order valence-corrected chi connectivity index (χ1v) is 9.36. The molecule has 1 aromatic heterocycles. The van der Waals surface area contributed by atoms with Gasteiger partial charge in [0.2, 0.25) is 0 Å². The molecule has 1 N–H and O–H groups in total. The number of benzene rings is 3. The Morgan fingerprint density at radius 3 is 2.64 bits per heavy atom. The van der Waals surface area contributed by atoms with E-state index in [2.05, 4.69) is 10.3 Å². The second-order valence-electron chi connectivity index (χ2n) is 6.23. The fourth-order valence-electron chi connectivity index (χ4n) is 2.95. The first kappa shape index (κ1) is 17.8. The highest BCUT2D eigenvalue weighted by Crippen LogP contribution is 2.34. The SMILES string of the molecule is Cc1c(NC(=O)c2cccc([N+](=O)[O-])c2)cccc1-c1nc2ccccc2s1. The molecule has 0 bridgehead atoms. The maximum atomic E-state index is 12.6. The van der Waals surface area contributed by atoms with Crippen LogP contribution in [0.4, 0.5) is 11.4 Å². The number of para-hydroxylation sites is 1. The zero-order chi connectivity index (χ0) is 19.7. The Morgan fingerprint density at radius 2 is 1.86 bits per heavy atom. The molecule has 0 radical (unpaired) electrons. The summed E-state index contributed by atoms with van der Waals surface area (Å²) in [5.74, 6) is -0.395. The Kier molecular flexibility index (Phi) is 4.58. The summed E-state index contributed by atoms with van der Waals surface area (Å²) in [6, 6.07) is 19.2. The van der Waals surface area contributed by atoms with Crippen LogP contribution in [-0.4, -0.2) is 15.8 Å². The van der Waals surface area contributed by atoms with Crippen molar-refractivity contribution in [1.82, 2.24) is 4.98 Å². The topological polar surface area (TPSA) is 85.1 Å². The molecule has 0 aliphatic rings. The maximum Gasteiger partial charge on any atom is 0.270 e. The average molecular weight is 389 g/mol. The summed E-state index contributed by atoms with van der Waals surface area (Å²) in [6.07, 6.45) is 0. The van der Waals surface area contributed by atoms with Crippen LogP contribution in [0.3, 0.4) is 0 Å². The lowest BCUT2D eigenvalue weighted by atomic mass is 10.1. The zero-order valence-electron chi connectivity index (χ0n) is 14.9. The van der Waals surface area contributed by atoms with Crippen LogP contribution in [0.5, 0.6) is 0 Å². The number of anilines is 1. The van der Waals surface area contributed by atoms with E-state index in [1.165, 1.54) is 18.2 Å². The number of carbonyl (C=O) groups excluding carboxylic acids is 1. The van der Waals surface area contributed by atoms with E-state index in [0.717, 1.165) is 26.4 Å². The zero-order valence-corrected chi connectivity index (χ0v) is 15.7. The number of non-ortho nitro benzene ring substituents is 1. The third kappa shape index (κ3) is 3.35. The van der Waals surface area contributed by atoms with Gasteiger partial charge in [0, 0.05) is 28.9 Å². The number of rotatable bonds is 4. The van der Waals surface area contributed by atoms with E-state index in [0.29, 0.717) is 5.69 Å². The molecule has 3 aromatic carbocycles. The van der Waals surface area contributed by atoms with Crippen molar-refractivity contribution in [2.75, 3.05) is 5.32 Å². The summed E-state index contributed by atoms with van der Waals surface area (Å²) < 4.78 is 1.10. The van der Waals surface area contributed by atoms with Crippen molar-refractivity contribution in [3.05, 3.63) is 88.0 Å². The molecule has 138 valence electrons. The number of aromatic nitrogens is 1. The lowest BCUT2D eigenvalue weighted by molar-refractivity contribution is -0.384. The molecule has 0 saturated carbocycles. The quantitative estimate of drug-likeness (QED) is 0.372. The first-order chi connectivity index (χ1) is 13.5. The van der Waals surface area contributed by atoms with Crippen molar-refractivity contribution in [3.8, 4) is 10.6 Å². The van der Waals surface area contributed by atoms with Crippen LogP contribution in [0, 0.1) is 17.0 Å². The Morgan fingerprint density at radius 1 is 1.07 bits per heavy atom. The number of nitrogens with one attached hydrogen (secondary N) is 1. The van der Waals surface area contributed by atoms with Gasteiger partial charge in [0.05, 0.1) is 15.1 Å². The summed E-state index contributed by atoms with van der Waals surface area (Å²) in [5.41, 5.74) is 3.53. The third-order valence-corrected chi connectivity index (χ3v) is 5.50. The Bertz CT molecular complexity index is 1180. The number of hydrogen-bond donors (Lipinski definition) is 1. The van der Waals surface area contributed by atoms with Gasteiger partial charge in [0.15, 0.2) is 0 Å². The standard InChI is InChI=1S/C21H15N3O3S/c1-13-16(21-23-18-9-2-3-11-19(18)28-21)8-5-10-17(13)22-20(25)14-6-4-7-15(12-14)24(26)27/h2-12H,1H3,(H,22,25). The number of nitro groups is 1. The summed E-state index contributed by atoms with van der Waals surface area (Å²) in [5, 5.41) is 14.7. The summed E-state index contributed by atoms with van der Waals surface area (Å²) >= 11 is 1.59. The molecule has 4 aromatic rings. The predicted octanol–water partition coefficient (Wildman–Crippen LogP) is 5.43. The fourth-order valence-corrected chi connectivity index (χ4v) is 3.99. The smallest absolute Gasteiger partial charge is 0.270 e. The number of thiazole rings is 1. The highest BCUT2D eigenvalue weighted by atomic mass is 32.1. The number of amides is 1. The van der Waals surface area contributed by atoms with Crippen molar-refractivity contribution in [2.24, 2.45) is 0 Å². The number of nitrogens with zero attached hydrogens (tertiary/aromatic N) is 2. The minimum Gasteiger partial charge on any atom is -0.322 e. The van der Waals surface area contributed by atoms with Gasteiger partial charge in [-0.2, -0.15) is 0 Å². The number of hydrogen-bond acceptors (Lipinski definition) is 5. The second-order valence-corrected chi connectivity index (χ2v) is 7.26. The van der Waals surface area contributed by atoms with E-state index in [1.54, 1.807) is 23.5 Å². The van der Waals surface area contributed by atoms with Gasteiger partial charge in [0.25, 0.3) is 11.6 Å². The van der Waals surface area contributed by atoms with Crippen molar-refractivity contribution in [3.63, 3.8) is 0 Å². The van der Waals surface area contributed by atoms with E-state index in [-0.39, 0.29) is 11.3 Å². The highest BCUT2D eigenvalue weighted by molar-refractivity contribution is 7.21. The molecule has 0 fully saturated rings. The second kappa shape index (κ2) is 7.21. The van der Waals surface area contributed by atoms with E-state index in [1.807, 2.05) is 43.3 Å². The van der Waals surface area contributed by atoms with Crippen LogP contribution in [-0.2, 0) is 0 Å². The van der Waals surface area contributed by atoms with Crippen LogP contribution in [0.15, 0.2) is 66.7 Å². The van der Waals surface area contributed by atoms with Crippen molar-refractivity contribution in [1.29, 1.82) is 0 Å². The van der Waals surface area contributed by atoms with Crippen LogP contribution in [0.25, 0.3) is 20.8 Å². The molecule has 0 atom stereocenters. The number of nitro benzene ring substituents is 1. The van der Waals surface area contributed by atoms with Gasteiger partial charge in [-0.1, -0.05) is 30.3 Å². The van der Waals surface area contributed by atoms with Gasteiger partial charge in [-0.05, 0) is 36.8 Å². The molecule has 0 saturated heterocycles. The monoisotopic (exact) mass is 389 g/mol. The van der Waals surface area contributed by atoms with E-state index in [9.17, 15) is 14.9 Å². The van der Waals surface area contributed by atoms with Gasteiger partial charge in [0.1, 0.15) is 5.01 Å². The number of carbonyl (C=O) groups is 1. The van der Waals surface area contributed by atoms with Crippen LogP contribution < -0.4 is 5.32 Å². The van der Waals surface area contributed by atoms with Gasteiger partial charge in [-0.3, -0.25) is 14.9 Å². The molecule has 0 unspecified atom stereocenters. The van der Waals surface area contributed by atoms with Gasteiger partial charge in [-0.25, -0.2) is 4.98 Å². The Hall–Kier alpha value is -3.58. The van der Waals surface area contributed by atoms with Gasteiger partial charge >= 0.3 is 0 Å². The lowest BCUT2D eigenvalue weighted by Gasteiger charge is -2.11. The molecule has 0 aliphatic carbocycles.